The van der Waals surface area contributed by atoms with E-state index < -0.39 is 0 Å². The average Bonchev–Trinajstić information content (AvgIpc) is 2.18. The molecule has 2 rings (SSSR count). The van der Waals surface area contributed by atoms with Crippen molar-refractivity contribution in [2.24, 2.45) is 0 Å². The highest BCUT2D eigenvalue weighted by atomic mass is 35.5. The first kappa shape index (κ1) is 11.0. The zero-order valence-corrected chi connectivity index (χ0v) is 10.0. The zero-order chi connectivity index (χ0) is 11.7. The summed E-state index contributed by atoms with van der Waals surface area (Å²) in [7, 11) is 0. The molecule has 0 saturated carbocycles. The van der Waals surface area contributed by atoms with Gasteiger partial charge in [-0.05, 0) is 32.0 Å². The predicted molar refractivity (Wildman–Crippen MR) is 69.9 cm³/mol. The van der Waals surface area contributed by atoms with Crippen molar-refractivity contribution in [2.45, 2.75) is 19.9 Å². The second-order valence-corrected chi connectivity index (χ2v) is 4.49. The van der Waals surface area contributed by atoms with Gasteiger partial charge in [0.2, 0.25) is 0 Å². The van der Waals surface area contributed by atoms with Crippen molar-refractivity contribution in [3.8, 4) is 0 Å². The number of nitrogen functional groups attached to an aromatic ring is 1. The topological polar surface area (TPSA) is 50.9 Å². The minimum absolute atomic E-state index is 0.318. The standard InChI is InChI=1S/C12H14ClN3/c1-7(2)16-12-10-5-8(13)6-11(14)9(10)3-4-15-12/h3-7H,14H2,1-2H3,(H,15,16). The molecule has 1 aromatic carbocycles. The Bertz CT molecular complexity index is 523. The average molecular weight is 236 g/mol. The normalized spacial score (nSPS) is 11.0. The van der Waals surface area contributed by atoms with Crippen LogP contribution in [0.15, 0.2) is 24.4 Å². The smallest absolute Gasteiger partial charge is 0.134 e. The summed E-state index contributed by atoms with van der Waals surface area (Å²) in [5.41, 5.74) is 6.59. The van der Waals surface area contributed by atoms with Crippen LogP contribution in [0.2, 0.25) is 5.02 Å². The van der Waals surface area contributed by atoms with Crippen LogP contribution in [0.3, 0.4) is 0 Å². The Labute approximate surface area is 99.6 Å². The molecule has 3 N–H and O–H groups in total. The number of nitrogens with zero attached hydrogens (tertiary/aromatic N) is 1. The molecule has 0 amide bonds. The molecule has 0 spiro atoms. The van der Waals surface area contributed by atoms with E-state index >= 15 is 0 Å². The third kappa shape index (κ3) is 2.04. The fourth-order valence-electron chi connectivity index (χ4n) is 1.67. The Morgan fingerprint density at radius 3 is 2.75 bits per heavy atom. The molecule has 0 radical (unpaired) electrons. The number of anilines is 2. The number of nitrogens with two attached hydrogens (primary N) is 1. The van der Waals surface area contributed by atoms with Crippen LogP contribution in [0, 0.1) is 0 Å². The number of hydrogen-bond donors (Lipinski definition) is 2. The Balaban J connectivity index is 2.66. The lowest BCUT2D eigenvalue weighted by atomic mass is 10.1. The largest absolute Gasteiger partial charge is 0.398 e. The summed E-state index contributed by atoms with van der Waals surface area (Å²) in [6.45, 7) is 4.13. The van der Waals surface area contributed by atoms with Crippen molar-refractivity contribution >= 4 is 33.9 Å². The maximum Gasteiger partial charge on any atom is 0.134 e. The summed E-state index contributed by atoms with van der Waals surface area (Å²) in [6, 6.07) is 5.85. The third-order valence-corrected chi connectivity index (χ3v) is 2.52. The molecule has 2 aromatic rings. The summed E-state index contributed by atoms with van der Waals surface area (Å²) in [4.78, 5) is 4.30. The van der Waals surface area contributed by atoms with Gasteiger partial charge < -0.3 is 11.1 Å². The monoisotopic (exact) mass is 235 g/mol. The van der Waals surface area contributed by atoms with Crippen LogP contribution in [-0.2, 0) is 0 Å². The number of rotatable bonds is 2. The molecule has 0 saturated heterocycles. The first-order valence-corrected chi connectivity index (χ1v) is 5.56. The van der Waals surface area contributed by atoms with Crippen molar-refractivity contribution in [3.05, 3.63) is 29.4 Å². The highest BCUT2D eigenvalue weighted by molar-refractivity contribution is 6.32. The first-order chi connectivity index (χ1) is 7.58. The summed E-state index contributed by atoms with van der Waals surface area (Å²) < 4.78 is 0. The van der Waals surface area contributed by atoms with E-state index in [1.54, 1.807) is 12.3 Å². The van der Waals surface area contributed by atoms with E-state index in [1.807, 2.05) is 12.1 Å². The Morgan fingerprint density at radius 1 is 1.31 bits per heavy atom. The van der Waals surface area contributed by atoms with Crippen LogP contribution in [0.25, 0.3) is 10.8 Å². The number of aromatic nitrogens is 1. The van der Waals surface area contributed by atoms with Gasteiger partial charge in [-0.2, -0.15) is 0 Å². The SMILES string of the molecule is CC(C)Nc1nccc2c(N)cc(Cl)cc12. The number of hydrogen-bond acceptors (Lipinski definition) is 3. The van der Waals surface area contributed by atoms with Crippen LogP contribution in [-0.4, -0.2) is 11.0 Å². The van der Waals surface area contributed by atoms with Gasteiger partial charge in [0.1, 0.15) is 5.82 Å². The van der Waals surface area contributed by atoms with E-state index in [-0.39, 0.29) is 0 Å². The molecule has 0 fully saturated rings. The van der Waals surface area contributed by atoms with Gasteiger partial charge in [0, 0.05) is 33.7 Å². The molecule has 16 heavy (non-hydrogen) atoms. The number of benzene rings is 1. The van der Waals surface area contributed by atoms with E-state index in [0.717, 1.165) is 16.6 Å². The molecule has 0 aliphatic carbocycles. The lowest BCUT2D eigenvalue weighted by molar-refractivity contribution is 0.892. The number of pyridine rings is 1. The van der Waals surface area contributed by atoms with Crippen molar-refractivity contribution < 1.29 is 0 Å². The quantitative estimate of drug-likeness (QED) is 0.786. The molecule has 3 nitrogen and oxygen atoms in total. The van der Waals surface area contributed by atoms with Crippen LogP contribution in [0.4, 0.5) is 11.5 Å². The maximum absolute atomic E-state index is 6.00. The van der Waals surface area contributed by atoms with Crippen LogP contribution >= 0.6 is 11.6 Å². The van der Waals surface area contributed by atoms with E-state index in [9.17, 15) is 0 Å². The Morgan fingerprint density at radius 2 is 2.06 bits per heavy atom. The number of halogens is 1. The summed E-state index contributed by atoms with van der Waals surface area (Å²) in [5.74, 6) is 0.821. The van der Waals surface area contributed by atoms with E-state index in [4.69, 9.17) is 17.3 Å². The zero-order valence-electron chi connectivity index (χ0n) is 9.29. The highest BCUT2D eigenvalue weighted by Gasteiger charge is 2.07. The van der Waals surface area contributed by atoms with E-state index in [0.29, 0.717) is 16.8 Å². The Hall–Kier alpha value is -1.48. The lowest BCUT2D eigenvalue weighted by Gasteiger charge is -2.12. The van der Waals surface area contributed by atoms with Crippen LogP contribution in [0.1, 0.15) is 13.8 Å². The van der Waals surface area contributed by atoms with Gasteiger partial charge in [0.15, 0.2) is 0 Å². The molecule has 0 aliphatic heterocycles. The molecule has 0 bridgehead atoms. The van der Waals surface area contributed by atoms with Gasteiger partial charge in [-0.1, -0.05) is 11.6 Å². The van der Waals surface area contributed by atoms with Gasteiger partial charge >= 0.3 is 0 Å². The second-order valence-electron chi connectivity index (χ2n) is 4.05. The Kier molecular flexibility index (Phi) is 2.88. The number of fused-ring (bicyclic) bond motifs is 1. The summed E-state index contributed by atoms with van der Waals surface area (Å²) in [5, 5.41) is 5.84. The molecule has 0 unspecified atom stereocenters. The molecular formula is C12H14ClN3. The fourth-order valence-corrected chi connectivity index (χ4v) is 1.89. The molecule has 84 valence electrons. The van der Waals surface area contributed by atoms with Gasteiger partial charge in [-0.15, -0.1) is 0 Å². The highest BCUT2D eigenvalue weighted by Crippen LogP contribution is 2.29. The molecule has 1 aromatic heterocycles. The first-order valence-electron chi connectivity index (χ1n) is 5.18. The maximum atomic E-state index is 6.00. The van der Waals surface area contributed by atoms with Crippen molar-refractivity contribution in [1.82, 2.24) is 4.98 Å². The third-order valence-electron chi connectivity index (χ3n) is 2.30. The lowest BCUT2D eigenvalue weighted by Crippen LogP contribution is -2.11. The summed E-state index contributed by atoms with van der Waals surface area (Å²) in [6.07, 6.45) is 1.75. The van der Waals surface area contributed by atoms with Crippen LogP contribution in [0.5, 0.6) is 0 Å². The predicted octanol–water partition coefficient (Wildman–Crippen LogP) is 3.29. The molecule has 1 heterocycles. The van der Waals surface area contributed by atoms with Gasteiger partial charge in [0.05, 0.1) is 0 Å². The molecule has 4 heteroatoms. The van der Waals surface area contributed by atoms with E-state index in [2.05, 4.69) is 24.1 Å². The summed E-state index contributed by atoms with van der Waals surface area (Å²) >= 11 is 6.00. The van der Waals surface area contributed by atoms with Gasteiger partial charge in [-0.25, -0.2) is 4.98 Å². The fraction of sp³-hybridized carbons (Fsp3) is 0.250. The minimum Gasteiger partial charge on any atom is -0.398 e. The van der Waals surface area contributed by atoms with Crippen LogP contribution < -0.4 is 11.1 Å². The molecule has 0 aliphatic rings. The van der Waals surface area contributed by atoms with Gasteiger partial charge in [0.25, 0.3) is 0 Å². The van der Waals surface area contributed by atoms with Crippen molar-refractivity contribution in [2.75, 3.05) is 11.1 Å². The van der Waals surface area contributed by atoms with Gasteiger partial charge in [-0.3, -0.25) is 0 Å². The van der Waals surface area contributed by atoms with Crippen molar-refractivity contribution in [1.29, 1.82) is 0 Å². The van der Waals surface area contributed by atoms with E-state index in [1.165, 1.54) is 0 Å². The number of nitrogens with one attached hydrogen (secondary N) is 1. The second kappa shape index (κ2) is 4.18. The van der Waals surface area contributed by atoms with Crippen molar-refractivity contribution in [3.63, 3.8) is 0 Å². The molecule has 0 atom stereocenters. The minimum atomic E-state index is 0.318. The molecular weight excluding hydrogens is 222 g/mol.